The van der Waals surface area contributed by atoms with E-state index in [1.165, 1.54) is 6.92 Å². The van der Waals surface area contributed by atoms with Gasteiger partial charge in [-0.3, -0.25) is 25.0 Å². The minimum Gasteiger partial charge on any atom is -0.481 e. The summed E-state index contributed by atoms with van der Waals surface area (Å²) in [5, 5.41) is 29.1. The van der Waals surface area contributed by atoms with Crippen molar-refractivity contribution < 1.29 is 19.7 Å². The van der Waals surface area contributed by atoms with Crippen LogP contribution in [0.1, 0.15) is 13.3 Å². The molecular formula is C8H11ClN2O6. The largest absolute Gasteiger partial charge is 0.481 e. The SMILES string of the molecule is C[C@@H]1[C@@H]([N+](=O)[O-])[C@@H](Cl)[C@@H]([N+](=O)[O-])C[C@H]1C(=O)O. The Labute approximate surface area is 101 Å². The third kappa shape index (κ3) is 2.46. The molecule has 0 heterocycles. The van der Waals surface area contributed by atoms with Crippen LogP contribution in [0.25, 0.3) is 0 Å². The first-order chi connectivity index (χ1) is 7.77. The van der Waals surface area contributed by atoms with Gasteiger partial charge in [0.05, 0.1) is 5.92 Å². The fourth-order valence-electron chi connectivity index (χ4n) is 2.20. The molecule has 0 aromatic rings. The van der Waals surface area contributed by atoms with Crippen LogP contribution in [0, 0.1) is 32.1 Å². The Bertz CT molecular complexity index is 336. The van der Waals surface area contributed by atoms with Crippen molar-refractivity contribution in [3.05, 3.63) is 20.2 Å². The molecule has 9 heteroatoms. The highest BCUT2D eigenvalue weighted by atomic mass is 35.5. The predicted molar refractivity (Wildman–Crippen MR) is 56.1 cm³/mol. The number of aliphatic carboxylic acids is 1. The zero-order valence-corrected chi connectivity index (χ0v) is 9.61. The number of nitrogens with zero attached hydrogens (tertiary/aromatic N) is 2. The lowest BCUT2D eigenvalue weighted by molar-refractivity contribution is -0.574. The normalized spacial score (nSPS) is 37.4. The van der Waals surface area contributed by atoms with Gasteiger partial charge in [0.25, 0.3) is 0 Å². The average molecular weight is 267 g/mol. The second-order valence-electron chi connectivity index (χ2n) is 4.11. The number of hydrogen-bond donors (Lipinski definition) is 1. The maximum Gasteiger partial charge on any atom is 0.307 e. The second-order valence-corrected chi connectivity index (χ2v) is 4.62. The minimum absolute atomic E-state index is 0.276. The molecule has 0 aromatic heterocycles. The van der Waals surface area contributed by atoms with Crippen molar-refractivity contribution in [2.45, 2.75) is 30.8 Å². The summed E-state index contributed by atoms with van der Waals surface area (Å²) < 4.78 is 0. The maximum absolute atomic E-state index is 10.9. The lowest BCUT2D eigenvalue weighted by Crippen LogP contribution is -2.54. The summed E-state index contributed by atoms with van der Waals surface area (Å²) in [7, 11) is 0. The Morgan fingerprint density at radius 2 is 1.88 bits per heavy atom. The monoisotopic (exact) mass is 266 g/mol. The fourth-order valence-corrected chi connectivity index (χ4v) is 2.71. The lowest BCUT2D eigenvalue weighted by Gasteiger charge is -2.32. The molecule has 0 spiro atoms. The molecule has 96 valence electrons. The number of nitro groups is 2. The summed E-state index contributed by atoms with van der Waals surface area (Å²) in [5.41, 5.74) is 0. The summed E-state index contributed by atoms with van der Waals surface area (Å²) in [4.78, 5) is 31.0. The Morgan fingerprint density at radius 1 is 1.35 bits per heavy atom. The highest BCUT2D eigenvalue weighted by Gasteiger charge is 2.55. The van der Waals surface area contributed by atoms with Crippen molar-refractivity contribution >= 4 is 17.6 Å². The third-order valence-electron chi connectivity index (χ3n) is 3.19. The Morgan fingerprint density at radius 3 is 2.24 bits per heavy atom. The standard InChI is InChI=1S/C8H11ClN2O6/c1-3-4(8(12)13)2-5(10(14)15)6(9)7(3)11(16)17/h3-7H,2H2,1H3,(H,12,13)/t3-,4+,5-,6-,7+/m0/s1. The summed E-state index contributed by atoms with van der Waals surface area (Å²) in [5.74, 6) is -3.21. The van der Waals surface area contributed by atoms with Crippen LogP contribution in [0.15, 0.2) is 0 Å². The van der Waals surface area contributed by atoms with E-state index in [-0.39, 0.29) is 6.42 Å². The summed E-state index contributed by atoms with van der Waals surface area (Å²) in [6.07, 6.45) is -0.276. The van der Waals surface area contributed by atoms with E-state index in [9.17, 15) is 25.0 Å². The summed E-state index contributed by atoms with van der Waals surface area (Å²) in [6, 6.07) is -2.81. The Hall–Kier alpha value is -1.44. The summed E-state index contributed by atoms with van der Waals surface area (Å²) in [6.45, 7) is 1.39. The van der Waals surface area contributed by atoms with Crippen LogP contribution in [0.5, 0.6) is 0 Å². The highest BCUT2D eigenvalue weighted by molar-refractivity contribution is 6.21. The third-order valence-corrected chi connectivity index (χ3v) is 3.74. The Kier molecular flexibility index (Phi) is 3.87. The molecule has 1 saturated carbocycles. The van der Waals surface area contributed by atoms with Crippen LogP contribution in [-0.2, 0) is 4.79 Å². The van der Waals surface area contributed by atoms with Crippen LogP contribution >= 0.6 is 11.6 Å². The molecular weight excluding hydrogens is 256 g/mol. The van der Waals surface area contributed by atoms with Crippen molar-refractivity contribution in [3.8, 4) is 0 Å². The van der Waals surface area contributed by atoms with Crippen molar-refractivity contribution in [1.82, 2.24) is 0 Å². The number of carboxylic acid groups (broad SMARTS) is 1. The van der Waals surface area contributed by atoms with Gasteiger partial charge >= 0.3 is 5.97 Å². The van der Waals surface area contributed by atoms with Crippen molar-refractivity contribution in [3.63, 3.8) is 0 Å². The molecule has 8 nitrogen and oxygen atoms in total. The zero-order valence-electron chi connectivity index (χ0n) is 8.85. The molecule has 17 heavy (non-hydrogen) atoms. The molecule has 1 aliphatic rings. The molecule has 0 bridgehead atoms. The molecule has 0 amide bonds. The lowest BCUT2D eigenvalue weighted by atomic mass is 9.74. The van der Waals surface area contributed by atoms with Crippen LogP contribution in [0.3, 0.4) is 0 Å². The van der Waals surface area contributed by atoms with Crippen molar-refractivity contribution in [2.75, 3.05) is 0 Å². The van der Waals surface area contributed by atoms with Crippen molar-refractivity contribution in [2.24, 2.45) is 11.8 Å². The van der Waals surface area contributed by atoms with Gasteiger partial charge < -0.3 is 5.11 Å². The van der Waals surface area contributed by atoms with Gasteiger partial charge in [0.1, 0.15) is 0 Å². The van der Waals surface area contributed by atoms with Gasteiger partial charge in [-0.2, -0.15) is 0 Å². The molecule has 0 saturated heterocycles. The first-order valence-corrected chi connectivity index (χ1v) is 5.34. The van der Waals surface area contributed by atoms with Gasteiger partial charge in [-0.1, -0.05) is 6.92 Å². The summed E-state index contributed by atoms with van der Waals surface area (Å²) >= 11 is 5.73. The predicted octanol–water partition coefficient (Wildman–Crippen LogP) is 0.625. The molecule has 0 radical (unpaired) electrons. The highest BCUT2D eigenvalue weighted by Crippen LogP contribution is 2.36. The number of carboxylic acids is 1. The quantitative estimate of drug-likeness (QED) is 0.454. The van der Waals surface area contributed by atoms with Crippen LogP contribution in [-0.4, -0.2) is 38.4 Å². The minimum atomic E-state index is -1.41. The zero-order chi connectivity index (χ0) is 13.3. The molecule has 1 N–H and O–H groups in total. The molecule has 1 rings (SSSR count). The van der Waals surface area contributed by atoms with E-state index < -0.39 is 45.1 Å². The topological polar surface area (TPSA) is 124 Å². The van der Waals surface area contributed by atoms with Gasteiger partial charge in [-0.05, 0) is 0 Å². The number of alkyl halides is 1. The maximum atomic E-state index is 10.9. The molecule has 0 unspecified atom stereocenters. The van der Waals surface area contributed by atoms with Gasteiger partial charge in [-0.15, -0.1) is 11.6 Å². The van der Waals surface area contributed by atoms with Crippen LogP contribution in [0.4, 0.5) is 0 Å². The molecule has 0 aromatic carbocycles. The Balaban J connectivity index is 3.07. The number of rotatable bonds is 3. The van der Waals surface area contributed by atoms with Crippen LogP contribution < -0.4 is 0 Å². The first-order valence-electron chi connectivity index (χ1n) is 4.91. The van der Waals surface area contributed by atoms with Crippen molar-refractivity contribution in [1.29, 1.82) is 0 Å². The van der Waals surface area contributed by atoms with Gasteiger partial charge in [-0.25, -0.2) is 0 Å². The fraction of sp³-hybridized carbons (Fsp3) is 0.875. The molecule has 0 aliphatic heterocycles. The van der Waals surface area contributed by atoms with E-state index in [1.54, 1.807) is 0 Å². The van der Waals surface area contributed by atoms with Gasteiger partial charge in [0.2, 0.25) is 12.1 Å². The van der Waals surface area contributed by atoms with E-state index in [1.807, 2.05) is 0 Å². The van der Waals surface area contributed by atoms with E-state index >= 15 is 0 Å². The van der Waals surface area contributed by atoms with E-state index in [0.717, 1.165) is 0 Å². The van der Waals surface area contributed by atoms with E-state index in [2.05, 4.69) is 0 Å². The van der Waals surface area contributed by atoms with Gasteiger partial charge in [0.15, 0.2) is 5.38 Å². The number of hydrogen-bond acceptors (Lipinski definition) is 5. The van der Waals surface area contributed by atoms with Gasteiger partial charge in [0, 0.05) is 22.2 Å². The molecule has 5 atom stereocenters. The molecule has 1 fully saturated rings. The number of halogens is 1. The smallest absolute Gasteiger partial charge is 0.307 e. The van der Waals surface area contributed by atoms with E-state index in [4.69, 9.17) is 16.7 Å². The van der Waals surface area contributed by atoms with Crippen LogP contribution in [0.2, 0.25) is 0 Å². The first kappa shape index (κ1) is 13.6. The number of carbonyl (C=O) groups is 1. The average Bonchev–Trinajstić information content (AvgIpc) is 2.15. The molecule has 1 aliphatic carbocycles. The van der Waals surface area contributed by atoms with E-state index in [0.29, 0.717) is 0 Å². The second kappa shape index (κ2) is 4.82.